The zero-order valence-electron chi connectivity index (χ0n) is 11.1. The predicted octanol–water partition coefficient (Wildman–Crippen LogP) is 1.64. The summed E-state index contributed by atoms with van der Waals surface area (Å²) in [6, 6.07) is 5.90. The van der Waals surface area contributed by atoms with Crippen LogP contribution < -0.4 is 5.32 Å². The predicted molar refractivity (Wildman–Crippen MR) is 74.4 cm³/mol. The highest BCUT2D eigenvalue weighted by Crippen LogP contribution is 2.28. The van der Waals surface area contributed by atoms with Gasteiger partial charge in [-0.15, -0.1) is 0 Å². The number of hydrogen-bond acceptors (Lipinski definition) is 3. The summed E-state index contributed by atoms with van der Waals surface area (Å²) in [4.78, 5) is 14.5. The van der Waals surface area contributed by atoms with E-state index in [2.05, 4.69) is 5.32 Å². The van der Waals surface area contributed by atoms with E-state index in [1.54, 1.807) is 0 Å². The molecule has 1 aromatic carbocycles. The molecule has 0 aliphatic carbocycles. The lowest BCUT2D eigenvalue weighted by atomic mass is 9.96. The van der Waals surface area contributed by atoms with Crippen LogP contribution in [0, 0.1) is 0 Å². The van der Waals surface area contributed by atoms with Gasteiger partial charge in [0.05, 0.1) is 12.6 Å². The average Bonchev–Trinajstić information content (AvgIpc) is 2.94. The molecule has 2 heterocycles. The molecule has 2 aliphatic heterocycles. The van der Waals surface area contributed by atoms with Gasteiger partial charge in [0, 0.05) is 24.3 Å². The number of likely N-dealkylation sites (tertiary alicyclic amines) is 1. The molecule has 2 N–H and O–H groups in total. The molecule has 4 heteroatoms. The quantitative estimate of drug-likeness (QED) is 0.850. The van der Waals surface area contributed by atoms with Gasteiger partial charge < -0.3 is 15.3 Å². The van der Waals surface area contributed by atoms with Crippen LogP contribution in [-0.4, -0.2) is 41.7 Å². The van der Waals surface area contributed by atoms with Crippen molar-refractivity contribution in [3.05, 3.63) is 29.3 Å². The van der Waals surface area contributed by atoms with Crippen LogP contribution >= 0.6 is 0 Å². The van der Waals surface area contributed by atoms with E-state index in [0.717, 1.165) is 55.6 Å². The number of fused-ring (bicyclic) bond motifs is 1. The first-order valence-electron chi connectivity index (χ1n) is 7.09. The van der Waals surface area contributed by atoms with Crippen LogP contribution in [0.15, 0.2) is 18.2 Å². The van der Waals surface area contributed by atoms with Crippen LogP contribution in [0.2, 0.25) is 0 Å². The first kappa shape index (κ1) is 12.5. The Morgan fingerprint density at radius 3 is 3.16 bits per heavy atom. The molecule has 102 valence electrons. The summed E-state index contributed by atoms with van der Waals surface area (Å²) in [5, 5.41) is 12.7. The molecular weight excluding hydrogens is 240 g/mol. The zero-order valence-corrected chi connectivity index (χ0v) is 11.1. The number of benzene rings is 1. The maximum absolute atomic E-state index is 12.7. The van der Waals surface area contributed by atoms with Crippen LogP contribution in [0.3, 0.4) is 0 Å². The molecule has 0 spiro atoms. The van der Waals surface area contributed by atoms with Gasteiger partial charge in [0.1, 0.15) is 0 Å². The standard InChI is InChI=1S/C15H20N2O2/c18-10-11-4-3-9-17(11)15(19)13-5-1-7-14-12(13)6-2-8-16-14/h1,5,7,11,16,18H,2-4,6,8-10H2/t11-/m0/s1. The van der Waals surface area contributed by atoms with Gasteiger partial charge in [-0.05, 0) is 43.4 Å². The molecule has 3 rings (SSSR count). The second kappa shape index (κ2) is 5.21. The number of aliphatic hydroxyl groups excluding tert-OH is 1. The van der Waals surface area contributed by atoms with E-state index < -0.39 is 0 Å². The molecule has 1 saturated heterocycles. The van der Waals surface area contributed by atoms with Crippen molar-refractivity contribution in [1.82, 2.24) is 4.90 Å². The summed E-state index contributed by atoms with van der Waals surface area (Å²) in [6.45, 7) is 1.81. The summed E-state index contributed by atoms with van der Waals surface area (Å²) in [5.41, 5.74) is 3.05. The van der Waals surface area contributed by atoms with Crippen LogP contribution in [0.5, 0.6) is 0 Å². The molecule has 1 atom stereocenters. The van der Waals surface area contributed by atoms with Crippen molar-refractivity contribution in [1.29, 1.82) is 0 Å². The average molecular weight is 260 g/mol. The summed E-state index contributed by atoms with van der Waals surface area (Å²) in [7, 11) is 0. The fourth-order valence-electron chi connectivity index (χ4n) is 3.16. The molecular formula is C15H20N2O2. The smallest absolute Gasteiger partial charge is 0.254 e. The molecule has 2 aliphatic rings. The van der Waals surface area contributed by atoms with E-state index in [0.29, 0.717) is 0 Å². The Bertz CT molecular complexity index is 487. The van der Waals surface area contributed by atoms with E-state index in [-0.39, 0.29) is 18.6 Å². The molecule has 1 fully saturated rings. The van der Waals surface area contributed by atoms with Gasteiger partial charge in [-0.3, -0.25) is 4.79 Å². The van der Waals surface area contributed by atoms with Crippen molar-refractivity contribution in [2.75, 3.05) is 25.0 Å². The number of nitrogens with one attached hydrogen (secondary N) is 1. The van der Waals surface area contributed by atoms with E-state index in [1.807, 2.05) is 23.1 Å². The minimum atomic E-state index is -0.0000872. The van der Waals surface area contributed by atoms with Gasteiger partial charge in [0.25, 0.3) is 5.91 Å². The number of amides is 1. The van der Waals surface area contributed by atoms with Gasteiger partial charge in [-0.1, -0.05) is 6.07 Å². The van der Waals surface area contributed by atoms with Crippen LogP contribution in [0.4, 0.5) is 5.69 Å². The van der Waals surface area contributed by atoms with E-state index in [4.69, 9.17) is 0 Å². The Labute approximate surface area is 113 Å². The number of rotatable bonds is 2. The second-order valence-electron chi connectivity index (χ2n) is 5.34. The Kier molecular flexibility index (Phi) is 3.42. The molecule has 0 unspecified atom stereocenters. The van der Waals surface area contributed by atoms with Gasteiger partial charge in [0.15, 0.2) is 0 Å². The van der Waals surface area contributed by atoms with Crippen molar-refractivity contribution in [2.45, 2.75) is 31.7 Å². The first-order chi connectivity index (χ1) is 9.31. The van der Waals surface area contributed by atoms with E-state index in [9.17, 15) is 9.90 Å². The van der Waals surface area contributed by atoms with E-state index in [1.165, 1.54) is 0 Å². The Morgan fingerprint density at radius 2 is 2.32 bits per heavy atom. The minimum Gasteiger partial charge on any atom is -0.394 e. The lowest BCUT2D eigenvalue weighted by Gasteiger charge is -2.26. The van der Waals surface area contributed by atoms with Crippen LogP contribution in [0.25, 0.3) is 0 Å². The molecule has 0 saturated carbocycles. The number of anilines is 1. The van der Waals surface area contributed by atoms with Gasteiger partial charge >= 0.3 is 0 Å². The lowest BCUT2D eigenvalue weighted by Crippen LogP contribution is -2.38. The topological polar surface area (TPSA) is 52.6 Å². The molecule has 1 aromatic rings. The van der Waals surface area contributed by atoms with Crippen molar-refractivity contribution in [3.8, 4) is 0 Å². The fourth-order valence-corrected chi connectivity index (χ4v) is 3.16. The monoisotopic (exact) mass is 260 g/mol. The summed E-state index contributed by atoms with van der Waals surface area (Å²) in [5.74, 6) is 0.0806. The Morgan fingerprint density at radius 1 is 1.42 bits per heavy atom. The van der Waals surface area contributed by atoms with Gasteiger partial charge in [-0.2, -0.15) is 0 Å². The third kappa shape index (κ3) is 2.21. The lowest BCUT2D eigenvalue weighted by molar-refractivity contribution is 0.0676. The van der Waals surface area contributed by atoms with Crippen molar-refractivity contribution in [2.24, 2.45) is 0 Å². The maximum atomic E-state index is 12.7. The number of nitrogens with zero attached hydrogens (tertiary/aromatic N) is 1. The number of aliphatic hydroxyl groups is 1. The van der Waals surface area contributed by atoms with Gasteiger partial charge in [0.2, 0.25) is 0 Å². The summed E-state index contributed by atoms with van der Waals surface area (Å²) < 4.78 is 0. The van der Waals surface area contributed by atoms with Crippen molar-refractivity contribution in [3.63, 3.8) is 0 Å². The third-order valence-corrected chi connectivity index (χ3v) is 4.17. The van der Waals surface area contributed by atoms with Crippen molar-refractivity contribution >= 4 is 11.6 Å². The highest BCUT2D eigenvalue weighted by molar-refractivity contribution is 5.97. The Hall–Kier alpha value is -1.55. The molecule has 19 heavy (non-hydrogen) atoms. The molecule has 1 amide bonds. The normalized spacial score (nSPS) is 21.9. The molecule has 4 nitrogen and oxygen atoms in total. The minimum absolute atomic E-state index is 0.0000872. The zero-order chi connectivity index (χ0) is 13.2. The van der Waals surface area contributed by atoms with Crippen LogP contribution in [0.1, 0.15) is 35.2 Å². The second-order valence-corrected chi connectivity index (χ2v) is 5.34. The van der Waals surface area contributed by atoms with Gasteiger partial charge in [-0.25, -0.2) is 0 Å². The fraction of sp³-hybridized carbons (Fsp3) is 0.533. The third-order valence-electron chi connectivity index (χ3n) is 4.17. The van der Waals surface area contributed by atoms with Crippen molar-refractivity contribution < 1.29 is 9.90 Å². The number of carbonyl (C=O) groups excluding carboxylic acids is 1. The summed E-state index contributed by atoms with van der Waals surface area (Å²) >= 11 is 0. The Balaban J connectivity index is 1.91. The molecule has 0 bridgehead atoms. The first-order valence-corrected chi connectivity index (χ1v) is 7.09. The largest absolute Gasteiger partial charge is 0.394 e. The summed E-state index contributed by atoms with van der Waals surface area (Å²) in [6.07, 6.45) is 3.93. The maximum Gasteiger partial charge on any atom is 0.254 e. The molecule has 0 radical (unpaired) electrons. The van der Waals surface area contributed by atoms with Crippen LogP contribution in [-0.2, 0) is 6.42 Å². The highest BCUT2D eigenvalue weighted by atomic mass is 16.3. The number of carbonyl (C=O) groups is 1. The SMILES string of the molecule is O=C(c1cccc2c1CCCN2)N1CCC[C@H]1CO. The molecule has 0 aromatic heterocycles. The highest BCUT2D eigenvalue weighted by Gasteiger charge is 2.30. The van der Waals surface area contributed by atoms with E-state index >= 15 is 0 Å². The number of hydrogen-bond donors (Lipinski definition) is 2.